The summed E-state index contributed by atoms with van der Waals surface area (Å²) >= 11 is -2.01. The Kier molecular flexibility index (Phi) is 3.42. The highest BCUT2D eigenvalue weighted by atomic mass is 32.3. The smallest absolute Gasteiger partial charge is 0.256 e. The van der Waals surface area contributed by atoms with Crippen LogP contribution < -0.4 is 0 Å². The van der Waals surface area contributed by atoms with Gasteiger partial charge in [0, 0.05) is 6.42 Å². The molecule has 4 rings (SSSR count). The maximum atomic E-state index is 13.0. The van der Waals surface area contributed by atoms with Crippen molar-refractivity contribution in [3.05, 3.63) is 65.2 Å². The quantitative estimate of drug-likeness (QED) is 0.834. The van der Waals surface area contributed by atoms with Crippen LogP contribution in [0.15, 0.2) is 53.4 Å². The number of sulfonamides is 1. The summed E-state index contributed by atoms with van der Waals surface area (Å²) < 4.78 is 44.7. The average Bonchev–Trinajstić information content (AvgIpc) is 3.02. The van der Waals surface area contributed by atoms with Crippen molar-refractivity contribution in [1.82, 2.24) is 3.71 Å². The van der Waals surface area contributed by atoms with Gasteiger partial charge in [-0.15, -0.1) is 0 Å². The lowest BCUT2D eigenvalue weighted by molar-refractivity contribution is 0.230. The number of fused-ring (bicyclic) bond motifs is 3. The van der Waals surface area contributed by atoms with E-state index in [4.69, 9.17) is 4.18 Å². The fourth-order valence-electron chi connectivity index (χ4n) is 3.16. The van der Waals surface area contributed by atoms with Crippen molar-refractivity contribution in [3.8, 4) is 0 Å². The molecule has 1 aliphatic heterocycles. The van der Waals surface area contributed by atoms with E-state index in [1.54, 1.807) is 12.1 Å². The minimum absolute atomic E-state index is 0.130. The van der Waals surface area contributed by atoms with Gasteiger partial charge in [0.05, 0.1) is 10.9 Å². The molecule has 0 amide bonds. The summed E-state index contributed by atoms with van der Waals surface area (Å²) in [4.78, 5) is 0.130. The van der Waals surface area contributed by atoms with Gasteiger partial charge in [-0.3, -0.25) is 4.18 Å². The van der Waals surface area contributed by atoms with Crippen LogP contribution >= 0.6 is 0 Å². The predicted octanol–water partition coefficient (Wildman–Crippen LogP) is 2.26. The van der Waals surface area contributed by atoms with E-state index in [9.17, 15) is 12.6 Å². The Hall–Kier alpha value is -1.54. The van der Waals surface area contributed by atoms with Gasteiger partial charge >= 0.3 is 0 Å². The molecule has 1 aliphatic carbocycles. The molecule has 1 heterocycles. The Morgan fingerprint density at radius 2 is 1.83 bits per heavy atom. The van der Waals surface area contributed by atoms with Crippen LogP contribution in [0.1, 0.15) is 22.7 Å². The third kappa shape index (κ3) is 2.27. The molecule has 1 fully saturated rings. The van der Waals surface area contributed by atoms with Gasteiger partial charge in [0.2, 0.25) is 0 Å². The molecule has 3 atom stereocenters. The summed E-state index contributed by atoms with van der Waals surface area (Å²) in [6.45, 7) is 1.89. The summed E-state index contributed by atoms with van der Waals surface area (Å²) in [7, 11) is -3.89. The van der Waals surface area contributed by atoms with E-state index in [0.717, 1.165) is 20.4 Å². The van der Waals surface area contributed by atoms with E-state index in [-0.39, 0.29) is 4.90 Å². The first-order valence-electron chi connectivity index (χ1n) is 7.26. The van der Waals surface area contributed by atoms with E-state index >= 15 is 0 Å². The first-order chi connectivity index (χ1) is 11.0. The van der Waals surface area contributed by atoms with Crippen molar-refractivity contribution in [1.29, 1.82) is 0 Å². The highest BCUT2D eigenvalue weighted by Gasteiger charge is 2.52. The van der Waals surface area contributed by atoms with E-state index in [1.165, 1.54) is 12.1 Å². The third-order valence-corrected chi connectivity index (χ3v) is 7.74. The van der Waals surface area contributed by atoms with Crippen molar-refractivity contribution in [2.75, 3.05) is 0 Å². The Morgan fingerprint density at radius 3 is 2.57 bits per heavy atom. The lowest BCUT2D eigenvalue weighted by atomic mass is 10.1. The van der Waals surface area contributed by atoms with Gasteiger partial charge in [0.15, 0.2) is 0 Å². The molecular formula is C16H15NO4S2. The zero-order chi connectivity index (χ0) is 16.2. The van der Waals surface area contributed by atoms with Crippen LogP contribution in [0.3, 0.4) is 0 Å². The Labute approximate surface area is 137 Å². The SMILES string of the molecule is Cc1ccc(S(=O)(=O)N2[C@H]3c4ccccc4C[C@H]3O[S@@]2=O)cc1. The zero-order valence-electron chi connectivity index (χ0n) is 12.4. The van der Waals surface area contributed by atoms with E-state index < -0.39 is 33.4 Å². The molecule has 5 nitrogen and oxygen atoms in total. The second-order valence-corrected chi connectivity index (χ2v) is 8.84. The van der Waals surface area contributed by atoms with E-state index in [1.807, 2.05) is 31.2 Å². The molecule has 0 spiro atoms. The summed E-state index contributed by atoms with van der Waals surface area (Å²) in [5, 5.41) is 0. The number of rotatable bonds is 2. The van der Waals surface area contributed by atoms with Crippen LogP contribution in [-0.2, 0) is 31.9 Å². The molecule has 7 heteroatoms. The molecule has 2 aromatic carbocycles. The monoisotopic (exact) mass is 349 g/mol. The van der Waals surface area contributed by atoms with Gasteiger partial charge in [0.25, 0.3) is 21.3 Å². The average molecular weight is 349 g/mol. The lowest BCUT2D eigenvalue weighted by Crippen LogP contribution is -2.32. The van der Waals surface area contributed by atoms with Crippen molar-refractivity contribution >= 4 is 21.3 Å². The fraction of sp³-hybridized carbons (Fsp3) is 0.250. The first-order valence-corrected chi connectivity index (χ1v) is 9.73. The minimum atomic E-state index is -3.89. The van der Waals surface area contributed by atoms with Gasteiger partial charge in [-0.05, 0) is 30.2 Å². The molecule has 0 saturated carbocycles. The maximum Gasteiger partial charge on any atom is 0.256 e. The standard InChI is InChI=1S/C16H15NO4S2/c1-11-6-8-13(9-7-11)23(19,20)17-16-14-5-3-2-4-12(14)10-15(16)21-22(17)18/h2-9,15-16H,10H2,1H3/t15-,16+,22+/m1/s1. The third-order valence-electron chi connectivity index (χ3n) is 4.28. The zero-order valence-corrected chi connectivity index (χ0v) is 14.0. The molecule has 0 bridgehead atoms. The number of nitrogens with zero attached hydrogens (tertiary/aromatic N) is 1. The van der Waals surface area contributed by atoms with E-state index in [0.29, 0.717) is 6.42 Å². The molecule has 1 saturated heterocycles. The van der Waals surface area contributed by atoms with Gasteiger partial charge in [0.1, 0.15) is 6.10 Å². The van der Waals surface area contributed by atoms with Crippen LogP contribution in [0, 0.1) is 6.92 Å². The van der Waals surface area contributed by atoms with Crippen molar-refractivity contribution < 1.29 is 16.8 Å². The number of benzene rings is 2. The molecule has 2 aliphatic rings. The van der Waals surface area contributed by atoms with Crippen LogP contribution in [-0.4, -0.2) is 22.4 Å². The van der Waals surface area contributed by atoms with Gasteiger partial charge in [-0.2, -0.15) is 0 Å². The van der Waals surface area contributed by atoms with E-state index in [2.05, 4.69) is 0 Å². The summed E-state index contributed by atoms with van der Waals surface area (Å²) in [6.07, 6.45) is 0.181. The summed E-state index contributed by atoms with van der Waals surface area (Å²) in [5.74, 6) is 0. The largest absolute Gasteiger partial charge is 0.272 e. The first kappa shape index (κ1) is 15.0. The van der Waals surface area contributed by atoms with Crippen LogP contribution in [0.25, 0.3) is 0 Å². The Bertz CT molecular complexity index is 893. The van der Waals surface area contributed by atoms with Crippen molar-refractivity contribution in [3.63, 3.8) is 0 Å². The summed E-state index contributed by atoms with van der Waals surface area (Å²) in [6, 6.07) is 13.6. The molecular weight excluding hydrogens is 334 g/mol. The van der Waals surface area contributed by atoms with Gasteiger partial charge in [-0.1, -0.05) is 45.7 Å². The normalized spacial score (nSPS) is 26.9. The van der Waals surface area contributed by atoms with Crippen LogP contribution in [0.4, 0.5) is 0 Å². The summed E-state index contributed by atoms with van der Waals surface area (Å²) in [5.41, 5.74) is 2.88. The fourth-order valence-corrected chi connectivity index (χ4v) is 6.30. The predicted molar refractivity (Wildman–Crippen MR) is 86.1 cm³/mol. The molecule has 2 aromatic rings. The second kappa shape index (κ2) is 5.24. The molecule has 23 heavy (non-hydrogen) atoms. The maximum absolute atomic E-state index is 13.0. The molecule has 0 N–H and O–H groups in total. The minimum Gasteiger partial charge on any atom is -0.272 e. The molecule has 120 valence electrons. The molecule has 0 radical (unpaired) electrons. The highest BCUT2D eigenvalue weighted by Crippen LogP contribution is 2.46. The topological polar surface area (TPSA) is 63.7 Å². The van der Waals surface area contributed by atoms with Crippen LogP contribution in [0.5, 0.6) is 0 Å². The van der Waals surface area contributed by atoms with Gasteiger partial charge in [-0.25, -0.2) is 12.6 Å². The number of aryl methyl sites for hydroxylation is 1. The van der Waals surface area contributed by atoms with Crippen molar-refractivity contribution in [2.45, 2.75) is 30.4 Å². The van der Waals surface area contributed by atoms with Gasteiger partial charge < -0.3 is 0 Å². The second-order valence-electron chi connectivity index (χ2n) is 5.77. The number of hydrogen-bond acceptors (Lipinski definition) is 4. The highest BCUT2D eigenvalue weighted by molar-refractivity contribution is 7.99. The Balaban J connectivity index is 1.81. The van der Waals surface area contributed by atoms with Crippen molar-refractivity contribution in [2.24, 2.45) is 0 Å². The Morgan fingerprint density at radius 1 is 1.13 bits per heavy atom. The van der Waals surface area contributed by atoms with Crippen LogP contribution in [0.2, 0.25) is 0 Å². The molecule has 0 unspecified atom stereocenters. The number of hydrogen-bond donors (Lipinski definition) is 0. The molecule has 0 aromatic heterocycles. The lowest BCUT2D eigenvalue weighted by Gasteiger charge is -2.20.